The number of fused-ring (bicyclic) bond motifs is 1. The average molecular weight is 400 g/mol. The zero-order valence-electron chi connectivity index (χ0n) is 15.0. The lowest BCUT2D eigenvalue weighted by molar-refractivity contribution is 0.0954. The molecule has 144 valence electrons. The monoisotopic (exact) mass is 400 g/mol. The van der Waals surface area contributed by atoms with Gasteiger partial charge in [0, 0.05) is 12.2 Å². The average Bonchev–Trinajstić information content (AvgIpc) is 3.26. The molecule has 28 heavy (non-hydrogen) atoms. The van der Waals surface area contributed by atoms with Crippen molar-refractivity contribution >= 4 is 17.2 Å². The molecule has 1 aromatic heterocycles. The smallest absolute Gasteiger partial charge is 0.308 e. The van der Waals surface area contributed by atoms with Crippen molar-refractivity contribution in [3.8, 4) is 11.5 Å². The topological polar surface area (TPSA) is 69.6 Å². The van der Waals surface area contributed by atoms with Crippen LogP contribution in [0.15, 0.2) is 47.3 Å². The number of halogens is 1. The van der Waals surface area contributed by atoms with E-state index >= 15 is 0 Å². The molecule has 0 bridgehead atoms. The van der Waals surface area contributed by atoms with Crippen molar-refractivity contribution in [2.24, 2.45) is 0 Å². The third-order valence-corrected chi connectivity index (χ3v) is 5.57. The summed E-state index contributed by atoms with van der Waals surface area (Å²) in [6.07, 6.45) is 0. The lowest BCUT2D eigenvalue weighted by Crippen LogP contribution is -2.23. The highest BCUT2D eigenvalue weighted by atomic mass is 32.1. The summed E-state index contributed by atoms with van der Waals surface area (Å²) in [7, 11) is 0. The van der Waals surface area contributed by atoms with Crippen molar-refractivity contribution in [3.63, 3.8) is 0 Å². The van der Waals surface area contributed by atoms with E-state index in [0.29, 0.717) is 28.6 Å². The number of amides is 1. The molecule has 1 amide bonds. The van der Waals surface area contributed by atoms with E-state index in [0.717, 1.165) is 22.5 Å². The molecule has 0 radical (unpaired) electrons. The zero-order valence-corrected chi connectivity index (χ0v) is 15.8. The maximum Gasteiger partial charge on any atom is 0.308 e. The molecule has 1 aliphatic rings. The minimum absolute atomic E-state index is 0.189. The largest absolute Gasteiger partial charge is 0.454 e. The van der Waals surface area contributed by atoms with Gasteiger partial charge in [0.05, 0.1) is 6.54 Å². The molecule has 0 fully saturated rings. The number of aromatic nitrogens is 1. The number of carbonyl (C=O) groups is 1. The van der Waals surface area contributed by atoms with Gasteiger partial charge in [-0.1, -0.05) is 29.5 Å². The van der Waals surface area contributed by atoms with E-state index in [9.17, 15) is 14.0 Å². The molecule has 2 heterocycles. The normalized spacial score (nSPS) is 12.2. The molecule has 4 rings (SSSR count). The third kappa shape index (κ3) is 3.63. The van der Waals surface area contributed by atoms with Gasteiger partial charge in [0.25, 0.3) is 5.91 Å². The molecule has 0 unspecified atom stereocenters. The van der Waals surface area contributed by atoms with Crippen LogP contribution in [-0.4, -0.2) is 17.3 Å². The van der Waals surface area contributed by atoms with E-state index in [4.69, 9.17) is 9.47 Å². The van der Waals surface area contributed by atoms with Crippen LogP contribution in [0, 0.1) is 12.7 Å². The van der Waals surface area contributed by atoms with Crippen LogP contribution in [0.3, 0.4) is 0 Å². The Morgan fingerprint density at radius 1 is 1.14 bits per heavy atom. The van der Waals surface area contributed by atoms with Gasteiger partial charge >= 0.3 is 4.87 Å². The standard InChI is InChI=1S/C20H17FN2O4S/c1-12-18(19(24)22-9-13-2-5-15(21)6-3-13)28-20(25)23(12)10-14-4-7-16-17(8-14)27-11-26-16/h2-8H,9-11H2,1H3,(H,22,24). The number of hydrogen-bond acceptors (Lipinski definition) is 5. The van der Waals surface area contributed by atoms with Crippen LogP contribution in [-0.2, 0) is 13.1 Å². The molecule has 0 saturated heterocycles. The molecule has 0 atom stereocenters. The first kappa shape index (κ1) is 18.2. The Hall–Kier alpha value is -3.13. The summed E-state index contributed by atoms with van der Waals surface area (Å²) < 4.78 is 25.2. The maximum absolute atomic E-state index is 13.0. The van der Waals surface area contributed by atoms with Crippen molar-refractivity contribution in [2.75, 3.05) is 6.79 Å². The highest BCUT2D eigenvalue weighted by molar-refractivity contribution is 7.11. The first-order valence-electron chi connectivity index (χ1n) is 8.62. The Labute approximate surface area is 164 Å². The number of carbonyl (C=O) groups excluding carboxylic acids is 1. The predicted octanol–water partition coefficient (Wildman–Crippen LogP) is 3.06. The summed E-state index contributed by atoms with van der Waals surface area (Å²) in [4.78, 5) is 25.1. The summed E-state index contributed by atoms with van der Waals surface area (Å²) in [5.41, 5.74) is 2.26. The second kappa shape index (κ2) is 7.47. The Bertz CT molecular complexity index is 1090. The number of rotatable bonds is 5. The van der Waals surface area contributed by atoms with Gasteiger partial charge in [-0.2, -0.15) is 0 Å². The van der Waals surface area contributed by atoms with Gasteiger partial charge in [0.1, 0.15) is 10.7 Å². The van der Waals surface area contributed by atoms with E-state index < -0.39 is 0 Å². The fourth-order valence-electron chi connectivity index (χ4n) is 2.96. The Balaban J connectivity index is 1.49. The molecule has 3 aromatic rings. The third-order valence-electron chi connectivity index (χ3n) is 4.49. The fraction of sp³-hybridized carbons (Fsp3) is 0.200. The van der Waals surface area contributed by atoms with Gasteiger partial charge < -0.3 is 14.8 Å². The molecule has 8 heteroatoms. The van der Waals surface area contributed by atoms with E-state index in [1.54, 1.807) is 29.7 Å². The van der Waals surface area contributed by atoms with E-state index in [-0.39, 0.29) is 29.9 Å². The molecule has 0 spiro atoms. The molecule has 0 saturated carbocycles. The zero-order chi connectivity index (χ0) is 19.7. The van der Waals surface area contributed by atoms with Crippen LogP contribution in [0.2, 0.25) is 0 Å². The number of nitrogens with zero attached hydrogens (tertiary/aromatic N) is 1. The summed E-state index contributed by atoms with van der Waals surface area (Å²) in [5.74, 6) is 0.674. The van der Waals surface area contributed by atoms with Crippen molar-refractivity contribution in [3.05, 3.63) is 79.6 Å². The number of hydrogen-bond donors (Lipinski definition) is 1. The van der Waals surface area contributed by atoms with Crippen molar-refractivity contribution in [1.82, 2.24) is 9.88 Å². The summed E-state index contributed by atoms with van der Waals surface area (Å²) >= 11 is 0.911. The first-order valence-corrected chi connectivity index (χ1v) is 9.44. The second-order valence-corrected chi connectivity index (χ2v) is 7.33. The SMILES string of the molecule is Cc1c(C(=O)NCc2ccc(F)cc2)sc(=O)n1Cc1ccc2c(c1)OCO2. The van der Waals surface area contributed by atoms with Crippen LogP contribution in [0.5, 0.6) is 11.5 Å². The van der Waals surface area contributed by atoms with Crippen LogP contribution in [0.4, 0.5) is 4.39 Å². The van der Waals surface area contributed by atoms with Crippen LogP contribution < -0.4 is 19.7 Å². The quantitative estimate of drug-likeness (QED) is 0.715. The fourth-order valence-corrected chi connectivity index (χ4v) is 3.87. The van der Waals surface area contributed by atoms with Crippen molar-refractivity contribution in [1.29, 1.82) is 0 Å². The molecule has 1 aliphatic heterocycles. The van der Waals surface area contributed by atoms with Gasteiger partial charge in [-0.15, -0.1) is 0 Å². The molecule has 2 aromatic carbocycles. The summed E-state index contributed by atoms with van der Waals surface area (Å²) in [6, 6.07) is 11.4. The highest BCUT2D eigenvalue weighted by Gasteiger charge is 2.19. The second-order valence-electron chi connectivity index (χ2n) is 6.37. The van der Waals surface area contributed by atoms with Crippen LogP contribution in [0.1, 0.15) is 26.5 Å². The minimum atomic E-state index is -0.329. The lowest BCUT2D eigenvalue weighted by atomic mass is 10.2. The number of ether oxygens (including phenoxy) is 2. The number of benzene rings is 2. The van der Waals surface area contributed by atoms with Crippen molar-refractivity contribution < 1.29 is 18.7 Å². The Kier molecular flexibility index (Phi) is 4.87. The predicted molar refractivity (Wildman–Crippen MR) is 103 cm³/mol. The van der Waals surface area contributed by atoms with Gasteiger partial charge in [0.2, 0.25) is 6.79 Å². The molecule has 0 aliphatic carbocycles. The van der Waals surface area contributed by atoms with Crippen LogP contribution >= 0.6 is 11.3 Å². The van der Waals surface area contributed by atoms with Gasteiger partial charge in [0.15, 0.2) is 11.5 Å². The number of nitrogens with one attached hydrogen (secondary N) is 1. The minimum Gasteiger partial charge on any atom is -0.454 e. The summed E-state index contributed by atoms with van der Waals surface area (Å²) in [5, 5.41) is 2.77. The molecular formula is C20H17FN2O4S. The van der Waals surface area contributed by atoms with E-state index in [1.807, 2.05) is 12.1 Å². The lowest BCUT2D eigenvalue weighted by Gasteiger charge is -2.08. The summed E-state index contributed by atoms with van der Waals surface area (Å²) in [6.45, 7) is 2.53. The van der Waals surface area contributed by atoms with Gasteiger partial charge in [-0.25, -0.2) is 4.39 Å². The van der Waals surface area contributed by atoms with Crippen molar-refractivity contribution in [2.45, 2.75) is 20.0 Å². The number of thiazole rings is 1. The molecule has 1 N–H and O–H groups in total. The Morgan fingerprint density at radius 2 is 1.86 bits per heavy atom. The van der Waals surface area contributed by atoms with Crippen LogP contribution in [0.25, 0.3) is 0 Å². The first-order chi connectivity index (χ1) is 13.5. The molecular weight excluding hydrogens is 383 g/mol. The Morgan fingerprint density at radius 3 is 2.64 bits per heavy atom. The van der Waals surface area contributed by atoms with E-state index in [2.05, 4.69) is 5.32 Å². The highest BCUT2D eigenvalue weighted by Crippen LogP contribution is 2.32. The van der Waals surface area contributed by atoms with Gasteiger partial charge in [-0.3, -0.25) is 14.2 Å². The van der Waals surface area contributed by atoms with E-state index in [1.165, 1.54) is 12.1 Å². The van der Waals surface area contributed by atoms with Gasteiger partial charge in [-0.05, 0) is 42.3 Å². The molecule has 6 nitrogen and oxygen atoms in total. The maximum atomic E-state index is 13.0.